The zero-order valence-electron chi connectivity index (χ0n) is 18.3. The molecule has 0 saturated carbocycles. The molecule has 0 spiro atoms. The summed E-state index contributed by atoms with van der Waals surface area (Å²) in [6.07, 6.45) is 3.08. The fourth-order valence-corrected chi connectivity index (χ4v) is 4.00. The monoisotopic (exact) mass is 440 g/mol. The molecule has 0 bridgehead atoms. The molecule has 0 aliphatic heterocycles. The Kier molecular flexibility index (Phi) is 8.38. The lowest BCUT2D eigenvalue weighted by atomic mass is 9.93. The molecule has 0 aliphatic rings. The predicted octanol–water partition coefficient (Wildman–Crippen LogP) is 6.31. The van der Waals surface area contributed by atoms with E-state index in [-0.39, 0.29) is 12.2 Å². The molecule has 0 unspecified atom stereocenters. The molecule has 3 aromatic rings. The Labute approximate surface area is 188 Å². The fraction of sp³-hybridized carbons (Fsp3) is 0.308. The SMILES string of the molecule is CSCCCOc1cc(C)c(-c2cc(CO)c(F)cc2OCc2ccccc2)c(C)c1. The highest BCUT2D eigenvalue weighted by molar-refractivity contribution is 7.98. The van der Waals surface area contributed by atoms with Crippen LogP contribution in [0.4, 0.5) is 4.39 Å². The van der Waals surface area contributed by atoms with Gasteiger partial charge in [-0.3, -0.25) is 0 Å². The Morgan fingerprint density at radius 1 is 0.968 bits per heavy atom. The molecule has 31 heavy (non-hydrogen) atoms. The highest BCUT2D eigenvalue weighted by Crippen LogP contribution is 2.38. The summed E-state index contributed by atoms with van der Waals surface area (Å²) in [5.41, 5.74) is 5.01. The number of ether oxygens (including phenoxy) is 2. The standard InChI is InChI=1S/C26H29FO3S/c1-18-12-22(29-10-7-11-31-3)13-19(2)26(18)23-14-21(16-28)24(27)15-25(23)30-17-20-8-5-4-6-9-20/h4-6,8-9,12-15,28H,7,10-11,16-17H2,1-3H3. The zero-order chi connectivity index (χ0) is 22.2. The van der Waals surface area contributed by atoms with Gasteiger partial charge in [0.2, 0.25) is 0 Å². The summed E-state index contributed by atoms with van der Waals surface area (Å²) in [5, 5.41) is 9.61. The first-order valence-corrected chi connectivity index (χ1v) is 11.8. The van der Waals surface area contributed by atoms with E-state index < -0.39 is 5.82 Å². The number of benzene rings is 3. The van der Waals surface area contributed by atoms with Gasteiger partial charge in [0.05, 0.1) is 13.2 Å². The summed E-state index contributed by atoms with van der Waals surface area (Å²) in [4.78, 5) is 0. The Balaban J connectivity index is 1.94. The van der Waals surface area contributed by atoms with E-state index in [1.807, 2.05) is 56.3 Å². The van der Waals surface area contributed by atoms with Crippen LogP contribution in [0.5, 0.6) is 11.5 Å². The summed E-state index contributed by atoms with van der Waals surface area (Å²) in [6.45, 7) is 4.67. The largest absolute Gasteiger partial charge is 0.494 e. The van der Waals surface area contributed by atoms with Crippen LogP contribution in [0.2, 0.25) is 0 Å². The van der Waals surface area contributed by atoms with Crippen LogP contribution in [-0.4, -0.2) is 23.7 Å². The highest BCUT2D eigenvalue weighted by atomic mass is 32.2. The molecule has 0 aliphatic carbocycles. The minimum absolute atomic E-state index is 0.248. The van der Waals surface area contributed by atoms with Crippen molar-refractivity contribution in [2.75, 3.05) is 18.6 Å². The van der Waals surface area contributed by atoms with E-state index in [9.17, 15) is 9.50 Å². The molecular weight excluding hydrogens is 411 g/mol. The summed E-state index contributed by atoms with van der Waals surface area (Å²) < 4.78 is 26.4. The van der Waals surface area contributed by atoms with Crippen molar-refractivity contribution < 1.29 is 19.0 Å². The van der Waals surface area contributed by atoms with Gasteiger partial charge < -0.3 is 14.6 Å². The number of thioether (sulfide) groups is 1. The second-order valence-corrected chi connectivity index (χ2v) is 8.48. The van der Waals surface area contributed by atoms with Crippen molar-refractivity contribution in [3.8, 4) is 22.6 Å². The van der Waals surface area contributed by atoms with Gasteiger partial charge in [-0.1, -0.05) is 30.3 Å². The van der Waals surface area contributed by atoms with Gasteiger partial charge in [-0.05, 0) is 72.7 Å². The van der Waals surface area contributed by atoms with Crippen molar-refractivity contribution in [1.29, 1.82) is 0 Å². The molecule has 164 valence electrons. The van der Waals surface area contributed by atoms with Gasteiger partial charge in [0.1, 0.15) is 23.9 Å². The lowest BCUT2D eigenvalue weighted by Gasteiger charge is -2.18. The average molecular weight is 441 g/mol. The van der Waals surface area contributed by atoms with E-state index >= 15 is 0 Å². The Morgan fingerprint density at radius 3 is 2.32 bits per heavy atom. The average Bonchev–Trinajstić information content (AvgIpc) is 2.76. The smallest absolute Gasteiger partial charge is 0.132 e. The molecule has 0 fully saturated rings. The zero-order valence-corrected chi connectivity index (χ0v) is 19.1. The maximum absolute atomic E-state index is 14.5. The lowest BCUT2D eigenvalue weighted by Crippen LogP contribution is -2.03. The number of aryl methyl sites for hydroxylation is 2. The first kappa shape index (κ1) is 23.2. The molecule has 0 saturated heterocycles. The third-order valence-corrected chi connectivity index (χ3v) is 5.79. The van der Waals surface area contributed by atoms with Crippen molar-refractivity contribution in [3.05, 3.63) is 82.7 Å². The topological polar surface area (TPSA) is 38.7 Å². The summed E-state index contributed by atoms with van der Waals surface area (Å²) in [6, 6.07) is 16.8. The lowest BCUT2D eigenvalue weighted by molar-refractivity contribution is 0.274. The van der Waals surface area contributed by atoms with Crippen LogP contribution in [0.1, 0.15) is 28.7 Å². The Hall–Kier alpha value is -2.50. The molecule has 1 N–H and O–H groups in total. The molecule has 0 amide bonds. The Morgan fingerprint density at radius 2 is 1.68 bits per heavy atom. The maximum Gasteiger partial charge on any atom is 0.132 e. The van der Waals surface area contributed by atoms with Crippen molar-refractivity contribution in [3.63, 3.8) is 0 Å². The van der Waals surface area contributed by atoms with Crippen LogP contribution in [0, 0.1) is 19.7 Å². The predicted molar refractivity (Wildman–Crippen MR) is 127 cm³/mol. The van der Waals surface area contributed by atoms with Gasteiger partial charge in [0, 0.05) is 17.2 Å². The first-order chi connectivity index (χ1) is 15.0. The van der Waals surface area contributed by atoms with Crippen molar-refractivity contribution in [2.24, 2.45) is 0 Å². The van der Waals surface area contributed by atoms with E-state index in [0.717, 1.165) is 45.7 Å². The third-order valence-electron chi connectivity index (χ3n) is 5.09. The minimum Gasteiger partial charge on any atom is -0.494 e. The van der Waals surface area contributed by atoms with Gasteiger partial charge in [0.15, 0.2) is 0 Å². The maximum atomic E-state index is 14.5. The number of aliphatic hydroxyl groups is 1. The van der Waals surface area contributed by atoms with E-state index in [0.29, 0.717) is 19.0 Å². The Bertz CT molecular complexity index is 982. The number of aliphatic hydroxyl groups excluding tert-OH is 1. The third kappa shape index (κ3) is 6.02. The molecule has 0 radical (unpaired) electrons. The highest BCUT2D eigenvalue weighted by Gasteiger charge is 2.17. The van der Waals surface area contributed by atoms with Crippen LogP contribution in [0.25, 0.3) is 11.1 Å². The van der Waals surface area contributed by atoms with Gasteiger partial charge in [0.25, 0.3) is 0 Å². The van der Waals surface area contributed by atoms with Gasteiger partial charge in [-0.2, -0.15) is 11.8 Å². The van der Waals surface area contributed by atoms with Crippen LogP contribution in [0.15, 0.2) is 54.6 Å². The molecule has 5 heteroatoms. The first-order valence-electron chi connectivity index (χ1n) is 10.4. The van der Waals surface area contributed by atoms with E-state index in [1.165, 1.54) is 6.07 Å². The van der Waals surface area contributed by atoms with Crippen LogP contribution in [-0.2, 0) is 13.2 Å². The number of rotatable bonds is 10. The van der Waals surface area contributed by atoms with Gasteiger partial charge >= 0.3 is 0 Å². The van der Waals surface area contributed by atoms with E-state index in [1.54, 1.807) is 17.8 Å². The number of hydrogen-bond acceptors (Lipinski definition) is 4. The molecule has 0 aromatic heterocycles. The van der Waals surface area contributed by atoms with Crippen LogP contribution in [0.3, 0.4) is 0 Å². The molecule has 3 aromatic carbocycles. The number of hydrogen-bond donors (Lipinski definition) is 1. The van der Waals surface area contributed by atoms with E-state index in [4.69, 9.17) is 9.47 Å². The number of halogens is 1. The van der Waals surface area contributed by atoms with Crippen molar-refractivity contribution >= 4 is 11.8 Å². The van der Waals surface area contributed by atoms with Gasteiger partial charge in [-0.15, -0.1) is 0 Å². The second-order valence-electron chi connectivity index (χ2n) is 7.50. The van der Waals surface area contributed by atoms with Gasteiger partial charge in [-0.25, -0.2) is 4.39 Å². The summed E-state index contributed by atoms with van der Waals surface area (Å²) >= 11 is 1.81. The molecule has 3 nitrogen and oxygen atoms in total. The van der Waals surface area contributed by atoms with Crippen LogP contribution >= 0.6 is 11.8 Å². The molecule has 0 atom stereocenters. The summed E-state index contributed by atoms with van der Waals surface area (Å²) in [5.74, 6) is 1.88. The van der Waals surface area contributed by atoms with E-state index in [2.05, 4.69) is 6.26 Å². The normalized spacial score (nSPS) is 10.9. The van der Waals surface area contributed by atoms with Crippen LogP contribution < -0.4 is 9.47 Å². The molecular formula is C26H29FO3S. The fourth-order valence-electron chi connectivity index (χ4n) is 3.60. The summed E-state index contributed by atoms with van der Waals surface area (Å²) in [7, 11) is 0. The minimum atomic E-state index is -0.474. The van der Waals surface area contributed by atoms with Crippen molar-refractivity contribution in [2.45, 2.75) is 33.5 Å². The molecule has 0 heterocycles. The quantitative estimate of drug-likeness (QED) is 0.375. The van der Waals surface area contributed by atoms with Crippen molar-refractivity contribution in [1.82, 2.24) is 0 Å². The second kappa shape index (κ2) is 11.2. The molecule has 3 rings (SSSR count).